The Bertz CT molecular complexity index is 2250. The van der Waals surface area contributed by atoms with Crippen LogP contribution in [-0.2, 0) is 10.9 Å². The van der Waals surface area contributed by atoms with Gasteiger partial charge < -0.3 is 9.97 Å². The molecule has 9 rings (SSSR count). The van der Waals surface area contributed by atoms with Gasteiger partial charge in [-0.1, -0.05) is 121 Å². The van der Waals surface area contributed by atoms with E-state index in [2.05, 4.69) is 156 Å². The van der Waals surface area contributed by atoms with Crippen molar-refractivity contribution >= 4 is 76.8 Å². The van der Waals surface area contributed by atoms with Gasteiger partial charge in [-0.25, -0.2) is 9.97 Å². The van der Waals surface area contributed by atoms with Gasteiger partial charge in [0, 0.05) is 44.3 Å². The maximum atomic E-state index is 5.35. The zero-order valence-electron chi connectivity index (χ0n) is 27.5. The van der Waals surface area contributed by atoms with Crippen LogP contribution >= 0.6 is 30.4 Å². The minimum atomic E-state index is -1.19. The van der Waals surface area contributed by atoms with Gasteiger partial charge in [0.15, 0.2) is 0 Å². The molecule has 0 unspecified atom stereocenters. The van der Waals surface area contributed by atoms with Crippen molar-refractivity contribution in [3.63, 3.8) is 0 Å². The van der Waals surface area contributed by atoms with Crippen molar-refractivity contribution < 1.29 is 10.9 Å². The molecule has 4 nitrogen and oxygen atoms in total. The number of nitrogens with zero attached hydrogens (tertiary/aromatic N) is 2. The molecule has 256 valence electrons. The molecule has 0 spiro atoms. The fourth-order valence-corrected chi connectivity index (χ4v) is 6.84. The normalized spacial score (nSPS) is 11.9. The number of aromatic amines is 2. The molecular weight excluding hydrogens is 750 g/mol. The van der Waals surface area contributed by atoms with Gasteiger partial charge in [-0.3, -0.25) is 0 Å². The van der Waals surface area contributed by atoms with Crippen LogP contribution in [-0.4, -0.2) is 19.9 Å². The van der Waals surface area contributed by atoms with Crippen molar-refractivity contribution in [1.82, 2.24) is 19.9 Å². The molecule has 0 amide bonds. The second-order valence-corrected chi connectivity index (χ2v) is 17.3. The van der Waals surface area contributed by atoms with Crippen LogP contribution in [0, 0.1) is 0 Å². The van der Waals surface area contributed by atoms with Gasteiger partial charge >= 0.3 is 41.4 Å². The van der Waals surface area contributed by atoms with Gasteiger partial charge in [0.25, 0.3) is 0 Å². The number of aromatic nitrogens is 4. The fourth-order valence-electron chi connectivity index (χ4n) is 6.84. The summed E-state index contributed by atoms with van der Waals surface area (Å²) in [4.78, 5) is 18.3. The Morgan fingerprint density at radius 1 is 0.327 bits per heavy atom. The van der Waals surface area contributed by atoms with Crippen LogP contribution in [0.5, 0.6) is 0 Å². The first kappa shape index (κ1) is 34.0. The molecule has 5 heterocycles. The predicted molar refractivity (Wildman–Crippen MR) is 218 cm³/mol. The summed E-state index contributed by atoms with van der Waals surface area (Å²) >= 11 is 0. The van der Waals surface area contributed by atoms with Crippen molar-refractivity contribution in [2.24, 2.45) is 0 Å². The first-order valence-corrected chi connectivity index (χ1v) is 20.9. The van der Waals surface area contributed by atoms with Crippen molar-refractivity contribution in [1.29, 1.82) is 0 Å². The quantitative estimate of drug-likeness (QED) is 0.187. The summed E-state index contributed by atoms with van der Waals surface area (Å²) in [6.45, 7) is 0. The first-order chi connectivity index (χ1) is 25.5. The molecule has 0 saturated carbocycles. The summed E-state index contributed by atoms with van der Waals surface area (Å²) in [7, 11) is 13.4. The number of halogens is 3. The molecule has 0 radical (unpaired) electrons. The average Bonchev–Trinajstić information content (AvgIpc) is 4.01. The van der Waals surface area contributed by atoms with Crippen LogP contribution in [0.4, 0.5) is 0 Å². The number of H-pyrrole nitrogens is 2. The molecule has 7 aromatic rings. The van der Waals surface area contributed by atoms with E-state index in [1.54, 1.807) is 0 Å². The fraction of sp³-hybridized carbons (Fsp3) is 0. The van der Waals surface area contributed by atoms with Gasteiger partial charge in [-0.05, 0) is 70.8 Å². The number of nitrogens with one attached hydrogen (secondary N) is 2. The molecule has 2 aliphatic rings. The monoisotopic (exact) mass is 778 g/mol. The third-order valence-electron chi connectivity index (χ3n) is 9.00. The summed E-state index contributed by atoms with van der Waals surface area (Å²) in [5.41, 5.74) is 16.2. The van der Waals surface area contributed by atoms with Crippen molar-refractivity contribution in [2.45, 2.75) is 0 Å². The van der Waals surface area contributed by atoms with E-state index >= 15 is 0 Å². The van der Waals surface area contributed by atoms with E-state index in [-0.39, 0.29) is 0 Å². The molecule has 0 fully saturated rings. The van der Waals surface area contributed by atoms with E-state index in [0.717, 1.165) is 89.4 Å². The number of hydrogen-bond donors (Lipinski definition) is 2. The van der Waals surface area contributed by atoms with Crippen LogP contribution in [0.15, 0.2) is 146 Å². The molecule has 52 heavy (non-hydrogen) atoms. The summed E-state index contributed by atoms with van der Waals surface area (Å²) in [6.07, 6.45) is 8.54. The third kappa shape index (κ3) is 7.02. The number of rotatable bonds is 4. The maximum absolute atomic E-state index is 5.35. The molecule has 0 aliphatic carbocycles. The van der Waals surface area contributed by atoms with E-state index in [1.807, 2.05) is 24.3 Å². The van der Waals surface area contributed by atoms with Crippen LogP contribution in [0.25, 0.3) is 90.9 Å². The molecular formula is C44H30Cl3CoN4. The van der Waals surface area contributed by atoms with E-state index in [0.29, 0.717) is 0 Å². The van der Waals surface area contributed by atoms with E-state index < -0.39 is 10.9 Å². The van der Waals surface area contributed by atoms with Crippen molar-refractivity contribution in [3.8, 4) is 44.5 Å². The van der Waals surface area contributed by atoms with E-state index in [9.17, 15) is 0 Å². The number of fused-ring (bicyclic) bond motifs is 8. The summed E-state index contributed by atoms with van der Waals surface area (Å²) in [5, 5.41) is 0. The second-order valence-electron chi connectivity index (χ2n) is 12.1. The Morgan fingerprint density at radius 3 is 0.750 bits per heavy atom. The van der Waals surface area contributed by atoms with Gasteiger partial charge in [0.1, 0.15) is 0 Å². The van der Waals surface area contributed by atoms with E-state index in [4.69, 9.17) is 40.4 Å². The molecule has 8 heteroatoms. The molecule has 4 aromatic carbocycles. The number of hydrogen-bond acceptors (Lipinski definition) is 2. The van der Waals surface area contributed by atoms with Gasteiger partial charge in [0.2, 0.25) is 0 Å². The zero-order valence-corrected chi connectivity index (χ0v) is 30.8. The van der Waals surface area contributed by atoms with Crippen molar-refractivity contribution in [3.05, 3.63) is 168 Å². The average molecular weight is 780 g/mol. The Morgan fingerprint density at radius 2 is 0.538 bits per heavy atom. The van der Waals surface area contributed by atoms with Crippen molar-refractivity contribution in [2.75, 3.05) is 0 Å². The second kappa shape index (κ2) is 15.2. The van der Waals surface area contributed by atoms with Gasteiger partial charge in [-0.15, -0.1) is 0 Å². The van der Waals surface area contributed by atoms with Crippen LogP contribution in [0.2, 0.25) is 0 Å². The van der Waals surface area contributed by atoms with Gasteiger partial charge in [-0.2, -0.15) is 0 Å². The van der Waals surface area contributed by atoms with Crippen LogP contribution in [0.1, 0.15) is 22.8 Å². The summed E-state index contributed by atoms with van der Waals surface area (Å²) in [6, 6.07) is 50.7. The third-order valence-corrected chi connectivity index (χ3v) is 9.00. The topological polar surface area (TPSA) is 57.4 Å². The van der Waals surface area contributed by atoms with Crippen LogP contribution < -0.4 is 0 Å². The Labute approximate surface area is 318 Å². The Kier molecular flexibility index (Phi) is 9.94. The number of benzene rings is 4. The Hall–Kier alpha value is -5.14. The van der Waals surface area contributed by atoms with Crippen LogP contribution in [0.3, 0.4) is 0 Å². The standard InChI is InChI=1S/C44H30N4.3ClH.Co/c1-5-13-29(14-6-1)41-33-21-23-35(45-33)42(30-15-7-2-8-16-30)37-25-27-39(47-37)44(32-19-11-4-12-20-32)40-28-26-38(48-40)43(31-17-9-3-10-18-31)36-24-22-34(41)46-36;;;;/h1-28,45,48H;3*1H;/q;;;;+3/p-3. The van der Waals surface area contributed by atoms with E-state index in [1.165, 1.54) is 0 Å². The molecule has 2 N–H and O–H groups in total. The summed E-state index contributed by atoms with van der Waals surface area (Å²) in [5.74, 6) is 0. The molecule has 3 aromatic heterocycles. The van der Waals surface area contributed by atoms with Gasteiger partial charge in [0.05, 0.1) is 22.8 Å². The minimum absolute atomic E-state index is 0.906. The summed E-state index contributed by atoms with van der Waals surface area (Å²) < 4.78 is 0. The Balaban J connectivity index is 0.000000922. The zero-order chi connectivity index (χ0) is 35.4. The molecule has 0 saturated heterocycles. The SMILES string of the molecule is C1=Cc2nc1c(-c1ccccc1)c1ccc([nH]1)c(-c1ccccc1)c1nc(c(-c3ccccc3)c3ccc([nH]3)c2-c2ccccc2)C=C1.[Cl][Co]([Cl])[Cl]. The molecule has 0 atom stereocenters. The molecule has 2 aliphatic heterocycles. The first-order valence-electron chi connectivity index (χ1n) is 16.6. The predicted octanol–water partition coefficient (Wildman–Crippen LogP) is 13.4. The molecule has 8 bridgehead atoms.